The van der Waals surface area contributed by atoms with Crippen LogP contribution in [0.5, 0.6) is 0 Å². The van der Waals surface area contributed by atoms with Gasteiger partial charge in [-0.05, 0) is 45.7 Å². The first kappa shape index (κ1) is 17.6. The second-order valence-electron chi connectivity index (χ2n) is 6.68. The third-order valence-electron chi connectivity index (χ3n) is 3.76. The zero-order valence-electron chi connectivity index (χ0n) is 13.6. The Morgan fingerprint density at radius 1 is 1.45 bits per heavy atom. The fourth-order valence-corrected chi connectivity index (χ4v) is 3.49. The highest BCUT2D eigenvalue weighted by Gasteiger charge is 2.41. The van der Waals surface area contributed by atoms with Crippen LogP contribution in [0, 0.1) is 0 Å². The molecule has 1 atom stereocenters. The van der Waals surface area contributed by atoms with Gasteiger partial charge in [-0.15, -0.1) is 11.3 Å². The maximum absolute atomic E-state index is 12.2. The molecule has 0 spiro atoms. The van der Waals surface area contributed by atoms with Gasteiger partial charge in [0.1, 0.15) is 5.60 Å². The van der Waals surface area contributed by atoms with Crippen LogP contribution in [0.25, 0.3) is 0 Å². The molecule has 0 aliphatic carbocycles. The third kappa shape index (κ3) is 4.61. The third-order valence-corrected chi connectivity index (χ3v) is 4.97. The number of nitrogens with zero attached hydrogens (tertiary/aromatic N) is 1. The van der Waals surface area contributed by atoms with E-state index in [0.29, 0.717) is 19.7 Å². The van der Waals surface area contributed by atoms with E-state index in [-0.39, 0.29) is 11.7 Å². The number of rotatable bonds is 4. The molecule has 4 nitrogen and oxygen atoms in total. The Balaban J connectivity index is 1.93. The molecule has 124 valence electrons. The number of hydrogen-bond donors (Lipinski definition) is 0. The molecule has 1 amide bonds. The van der Waals surface area contributed by atoms with Crippen LogP contribution in [0.15, 0.2) is 12.1 Å². The zero-order chi connectivity index (χ0) is 16.4. The van der Waals surface area contributed by atoms with E-state index < -0.39 is 5.60 Å². The summed E-state index contributed by atoms with van der Waals surface area (Å²) in [5.41, 5.74) is -0.753. The number of hydrogen-bond acceptors (Lipinski definition) is 4. The average molecular weight is 346 g/mol. The van der Waals surface area contributed by atoms with E-state index in [0.717, 1.165) is 22.1 Å². The summed E-state index contributed by atoms with van der Waals surface area (Å²) in [6.07, 6.45) is 1.44. The van der Waals surface area contributed by atoms with E-state index >= 15 is 0 Å². The topological polar surface area (TPSA) is 38.8 Å². The standard InChI is InChI=1S/C16H24ClNO3S/c1-5-16(20-10-12-6-7-13(17)22-12)8-9-18(11-16)14(19)21-15(2,3)4/h6-7H,5,8-11H2,1-4H3. The van der Waals surface area contributed by atoms with Gasteiger partial charge in [0.05, 0.1) is 23.1 Å². The first-order valence-electron chi connectivity index (χ1n) is 7.59. The van der Waals surface area contributed by atoms with Gasteiger partial charge in [-0.2, -0.15) is 0 Å². The van der Waals surface area contributed by atoms with Crippen LogP contribution in [0.4, 0.5) is 4.79 Å². The molecular formula is C16H24ClNO3S. The molecular weight excluding hydrogens is 322 g/mol. The lowest BCUT2D eigenvalue weighted by atomic mass is 10.00. The molecule has 22 heavy (non-hydrogen) atoms. The molecule has 1 aromatic rings. The van der Waals surface area contributed by atoms with Crippen molar-refractivity contribution in [3.05, 3.63) is 21.3 Å². The van der Waals surface area contributed by atoms with Crippen molar-refractivity contribution in [1.82, 2.24) is 4.90 Å². The molecule has 0 radical (unpaired) electrons. The monoisotopic (exact) mass is 345 g/mol. The van der Waals surface area contributed by atoms with Crippen molar-refractivity contribution >= 4 is 29.0 Å². The lowest BCUT2D eigenvalue weighted by molar-refractivity contribution is -0.0517. The average Bonchev–Trinajstić information content (AvgIpc) is 3.02. The molecule has 2 rings (SSSR count). The summed E-state index contributed by atoms with van der Waals surface area (Å²) < 4.78 is 12.4. The van der Waals surface area contributed by atoms with Crippen molar-refractivity contribution in [3.63, 3.8) is 0 Å². The van der Waals surface area contributed by atoms with Crippen molar-refractivity contribution in [2.45, 2.75) is 58.3 Å². The number of ether oxygens (including phenoxy) is 2. The van der Waals surface area contributed by atoms with Crippen LogP contribution in [0.3, 0.4) is 0 Å². The van der Waals surface area contributed by atoms with E-state index in [4.69, 9.17) is 21.1 Å². The lowest BCUT2D eigenvalue weighted by Gasteiger charge is -2.29. The van der Waals surface area contributed by atoms with Crippen LogP contribution in [-0.2, 0) is 16.1 Å². The fourth-order valence-electron chi connectivity index (χ4n) is 2.49. The first-order chi connectivity index (χ1) is 10.2. The largest absolute Gasteiger partial charge is 0.444 e. The van der Waals surface area contributed by atoms with Gasteiger partial charge in [-0.25, -0.2) is 4.79 Å². The zero-order valence-corrected chi connectivity index (χ0v) is 15.2. The molecule has 0 bridgehead atoms. The SMILES string of the molecule is CCC1(OCc2ccc(Cl)s2)CCN(C(=O)OC(C)(C)C)C1. The smallest absolute Gasteiger partial charge is 0.410 e. The van der Waals surface area contributed by atoms with E-state index in [2.05, 4.69) is 6.92 Å². The van der Waals surface area contributed by atoms with Crippen LogP contribution < -0.4 is 0 Å². The highest BCUT2D eigenvalue weighted by atomic mass is 35.5. The van der Waals surface area contributed by atoms with Crippen molar-refractivity contribution in [2.24, 2.45) is 0 Å². The van der Waals surface area contributed by atoms with Gasteiger partial charge in [0, 0.05) is 11.4 Å². The minimum Gasteiger partial charge on any atom is -0.444 e. The van der Waals surface area contributed by atoms with Gasteiger partial charge in [0.2, 0.25) is 0 Å². The van der Waals surface area contributed by atoms with Crippen molar-refractivity contribution in [3.8, 4) is 0 Å². The molecule has 1 saturated heterocycles. The van der Waals surface area contributed by atoms with Crippen LogP contribution in [-0.4, -0.2) is 35.3 Å². The van der Waals surface area contributed by atoms with Gasteiger partial charge < -0.3 is 14.4 Å². The molecule has 1 unspecified atom stereocenters. The summed E-state index contributed by atoms with van der Waals surface area (Å²) in [5.74, 6) is 0. The summed E-state index contributed by atoms with van der Waals surface area (Å²) in [4.78, 5) is 15.0. The molecule has 0 saturated carbocycles. The first-order valence-corrected chi connectivity index (χ1v) is 8.78. The number of halogens is 1. The van der Waals surface area contributed by atoms with Gasteiger partial charge in [0.25, 0.3) is 0 Å². The Morgan fingerprint density at radius 3 is 2.73 bits per heavy atom. The molecule has 6 heteroatoms. The highest BCUT2D eigenvalue weighted by molar-refractivity contribution is 7.16. The number of likely N-dealkylation sites (tertiary alicyclic amines) is 1. The fraction of sp³-hybridized carbons (Fsp3) is 0.688. The summed E-state index contributed by atoms with van der Waals surface area (Å²) in [6.45, 7) is 9.53. The van der Waals surface area contributed by atoms with Gasteiger partial charge in [-0.1, -0.05) is 18.5 Å². The van der Waals surface area contributed by atoms with Crippen LogP contribution in [0.1, 0.15) is 45.4 Å². The number of amides is 1. The molecule has 0 N–H and O–H groups in total. The Kier molecular flexibility index (Phi) is 5.41. The number of thiophene rings is 1. The van der Waals surface area contributed by atoms with Crippen molar-refractivity contribution in [1.29, 1.82) is 0 Å². The van der Waals surface area contributed by atoms with E-state index in [1.807, 2.05) is 32.9 Å². The molecule has 1 fully saturated rings. The quantitative estimate of drug-likeness (QED) is 0.793. The summed E-state index contributed by atoms with van der Waals surface area (Å²) in [7, 11) is 0. The second-order valence-corrected chi connectivity index (χ2v) is 8.48. The van der Waals surface area contributed by atoms with E-state index in [9.17, 15) is 4.79 Å². The maximum Gasteiger partial charge on any atom is 0.410 e. The minimum absolute atomic E-state index is 0.259. The van der Waals surface area contributed by atoms with Crippen molar-refractivity contribution in [2.75, 3.05) is 13.1 Å². The van der Waals surface area contributed by atoms with Crippen molar-refractivity contribution < 1.29 is 14.3 Å². The molecule has 2 heterocycles. The predicted molar refractivity (Wildman–Crippen MR) is 89.6 cm³/mol. The number of carbonyl (C=O) groups is 1. The summed E-state index contributed by atoms with van der Waals surface area (Å²) in [5, 5.41) is 0. The highest BCUT2D eigenvalue weighted by Crippen LogP contribution is 2.32. The Hall–Kier alpha value is -0.780. The van der Waals surface area contributed by atoms with Gasteiger partial charge in [-0.3, -0.25) is 0 Å². The Labute approximate surface area is 141 Å². The van der Waals surface area contributed by atoms with Gasteiger partial charge >= 0.3 is 6.09 Å². The molecule has 1 aliphatic rings. The second kappa shape index (κ2) is 6.77. The summed E-state index contributed by atoms with van der Waals surface area (Å²) >= 11 is 7.47. The molecule has 1 aromatic heterocycles. The lowest BCUT2D eigenvalue weighted by Crippen LogP contribution is -2.40. The summed E-state index contributed by atoms with van der Waals surface area (Å²) in [6, 6.07) is 3.86. The minimum atomic E-state index is -0.469. The number of carbonyl (C=O) groups excluding carboxylic acids is 1. The van der Waals surface area contributed by atoms with Crippen LogP contribution in [0.2, 0.25) is 4.34 Å². The van der Waals surface area contributed by atoms with Crippen LogP contribution >= 0.6 is 22.9 Å². The van der Waals surface area contributed by atoms with Gasteiger partial charge in [0.15, 0.2) is 0 Å². The normalized spacial score (nSPS) is 22.1. The Morgan fingerprint density at radius 2 is 2.18 bits per heavy atom. The maximum atomic E-state index is 12.2. The van der Waals surface area contributed by atoms with E-state index in [1.54, 1.807) is 4.90 Å². The molecule has 0 aromatic carbocycles. The predicted octanol–water partition coefficient (Wildman–Crippen LogP) is 4.71. The molecule has 1 aliphatic heterocycles. The van der Waals surface area contributed by atoms with E-state index in [1.165, 1.54) is 11.3 Å². The Bertz CT molecular complexity index is 526.